The first-order valence-corrected chi connectivity index (χ1v) is 12.6. The van der Waals surface area contributed by atoms with Crippen molar-refractivity contribution in [2.24, 2.45) is 0 Å². The van der Waals surface area contributed by atoms with Crippen molar-refractivity contribution in [3.05, 3.63) is 23.3 Å². The summed E-state index contributed by atoms with van der Waals surface area (Å²) >= 11 is 4.75. The zero-order valence-corrected chi connectivity index (χ0v) is 21.5. The molecule has 0 saturated heterocycles. The second-order valence-corrected chi connectivity index (χ2v) is 8.17. The molecule has 0 amide bonds. The van der Waals surface area contributed by atoms with E-state index in [0.717, 1.165) is 21.7 Å². The summed E-state index contributed by atoms with van der Waals surface area (Å²) in [7, 11) is 0. The number of hydrogen-bond acceptors (Lipinski definition) is 5. The average molecular weight is 610 g/mol. The monoisotopic (exact) mass is 610 g/mol. The average Bonchev–Trinajstić information content (AvgIpc) is 2.64. The molecule has 0 spiro atoms. The van der Waals surface area contributed by atoms with Crippen molar-refractivity contribution in [3.8, 4) is 0 Å². The zero-order valence-electron chi connectivity index (χ0n) is 17.2. The Bertz CT molecular complexity index is 366. The van der Waals surface area contributed by atoms with Crippen LogP contribution in [0.15, 0.2) is 23.3 Å². The summed E-state index contributed by atoms with van der Waals surface area (Å²) in [4.78, 5) is 0. The molecule has 0 heterocycles. The van der Waals surface area contributed by atoms with Crippen molar-refractivity contribution in [3.63, 3.8) is 0 Å². The van der Waals surface area contributed by atoms with E-state index in [1.807, 2.05) is 13.8 Å². The highest BCUT2D eigenvalue weighted by atomic mass is 127. The first-order chi connectivity index (χ1) is 13.1. The summed E-state index contributed by atoms with van der Waals surface area (Å²) in [5, 5.41) is 0. The lowest BCUT2D eigenvalue weighted by Crippen LogP contribution is -2.29. The summed E-state index contributed by atoms with van der Waals surface area (Å²) in [6.45, 7) is 9.74. The molecule has 0 aliphatic heterocycles. The van der Waals surface area contributed by atoms with E-state index in [9.17, 15) is 0 Å². The first kappa shape index (κ1) is 27.7. The van der Waals surface area contributed by atoms with E-state index in [1.165, 1.54) is 11.1 Å². The van der Waals surface area contributed by atoms with Crippen molar-refractivity contribution in [1.82, 2.24) is 0 Å². The van der Waals surface area contributed by atoms with Crippen molar-refractivity contribution < 1.29 is 23.7 Å². The highest BCUT2D eigenvalue weighted by Crippen LogP contribution is 2.18. The van der Waals surface area contributed by atoms with Crippen molar-refractivity contribution >= 4 is 45.2 Å². The molecule has 0 aromatic heterocycles. The van der Waals surface area contributed by atoms with E-state index in [1.54, 1.807) is 0 Å². The second-order valence-electron chi connectivity index (χ2n) is 6.01. The molecule has 0 aliphatic carbocycles. The van der Waals surface area contributed by atoms with Crippen LogP contribution < -0.4 is 0 Å². The van der Waals surface area contributed by atoms with Gasteiger partial charge in [-0.25, -0.2) is 0 Å². The Morgan fingerprint density at radius 3 is 1.52 bits per heavy atom. The van der Waals surface area contributed by atoms with E-state index in [0.29, 0.717) is 26.1 Å². The lowest BCUT2D eigenvalue weighted by Gasteiger charge is -2.25. The molecular formula is C20H36I2O5. The topological polar surface area (TPSA) is 46.2 Å². The SMILES string of the molecule is CCOCO[C@H](C/C(C)=C/CCI)O[C@@H](C/C(C)=C/CCI)OCOCC. The van der Waals surface area contributed by atoms with Crippen LogP contribution in [0, 0.1) is 0 Å². The maximum absolute atomic E-state index is 6.16. The van der Waals surface area contributed by atoms with Crippen molar-refractivity contribution in [1.29, 1.82) is 0 Å². The smallest absolute Gasteiger partial charge is 0.167 e. The lowest BCUT2D eigenvalue weighted by molar-refractivity contribution is -0.280. The highest BCUT2D eigenvalue weighted by molar-refractivity contribution is 14.1. The fourth-order valence-corrected chi connectivity index (χ4v) is 2.79. The molecule has 0 saturated carbocycles. The van der Waals surface area contributed by atoms with Gasteiger partial charge in [-0.05, 0) is 40.5 Å². The van der Waals surface area contributed by atoms with Gasteiger partial charge in [0, 0.05) is 34.9 Å². The van der Waals surface area contributed by atoms with Gasteiger partial charge in [0.25, 0.3) is 0 Å². The Kier molecular flexibility index (Phi) is 20.6. The van der Waals surface area contributed by atoms with Gasteiger partial charge in [-0.15, -0.1) is 0 Å². The third-order valence-electron chi connectivity index (χ3n) is 3.57. The minimum atomic E-state index is -0.411. The summed E-state index contributed by atoms with van der Waals surface area (Å²) in [5.74, 6) is 0. The van der Waals surface area contributed by atoms with Gasteiger partial charge in [0.05, 0.1) is 0 Å². The van der Waals surface area contributed by atoms with Crippen LogP contribution in [0.5, 0.6) is 0 Å². The second kappa shape index (κ2) is 20.0. The Labute approximate surface area is 192 Å². The zero-order chi connectivity index (χ0) is 20.3. The fraction of sp³-hybridized carbons (Fsp3) is 0.800. The van der Waals surface area contributed by atoms with Gasteiger partial charge >= 0.3 is 0 Å². The molecule has 0 aliphatic rings. The largest absolute Gasteiger partial charge is 0.356 e. The Balaban J connectivity index is 4.93. The molecule has 2 atom stereocenters. The van der Waals surface area contributed by atoms with Crippen molar-refractivity contribution in [2.75, 3.05) is 35.7 Å². The molecule has 0 aromatic carbocycles. The molecule has 27 heavy (non-hydrogen) atoms. The predicted molar refractivity (Wildman–Crippen MR) is 128 cm³/mol. The van der Waals surface area contributed by atoms with Gasteiger partial charge < -0.3 is 23.7 Å². The molecule has 0 N–H and O–H groups in total. The quantitative estimate of drug-likeness (QED) is 0.0627. The van der Waals surface area contributed by atoms with Crippen LogP contribution in [0.25, 0.3) is 0 Å². The standard InChI is InChI=1S/C20H36I2O5/c1-5-23-15-25-19(13-17(3)9-7-11-21)27-20(26-16-24-6-2)14-18(4)10-8-12-22/h9-10,19-20H,5-8,11-16H2,1-4H3/b17-9+,18-10+/t19-,20-/m0/s1. The highest BCUT2D eigenvalue weighted by Gasteiger charge is 2.19. The van der Waals surface area contributed by atoms with E-state index in [4.69, 9.17) is 23.7 Å². The van der Waals surface area contributed by atoms with Crippen molar-refractivity contribution in [2.45, 2.75) is 66.0 Å². The Morgan fingerprint density at radius 2 is 1.19 bits per heavy atom. The lowest BCUT2D eigenvalue weighted by atomic mass is 10.1. The van der Waals surface area contributed by atoms with E-state index in [-0.39, 0.29) is 13.6 Å². The normalized spacial score (nSPS) is 15.2. The molecule has 0 bridgehead atoms. The number of rotatable bonds is 18. The van der Waals surface area contributed by atoms with Gasteiger partial charge in [0.2, 0.25) is 0 Å². The van der Waals surface area contributed by atoms with Gasteiger partial charge in [-0.2, -0.15) is 0 Å². The van der Waals surface area contributed by atoms with Crippen LogP contribution in [-0.4, -0.2) is 48.2 Å². The number of allylic oxidation sites excluding steroid dienone is 2. The van der Waals surface area contributed by atoms with Crippen LogP contribution in [0.4, 0.5) is 0 Å². The fourth-order valence-electron chi connectivity index (χ4n) is 2.17. The third kappa shape index (κ3) is 17.3. The molecule has 0 fully saturated rings. The number of ether oxygens (including phenoxy) is 5. The van der Waals surface area contributed by atoms with E-state index in [2.05, 4.69) is 71.2 Å². The molecule has 0 unspecified atom stereocenters. The van der Waals surface area contributed by atoms with Gasteiger partial charge in [0.15, 0.2) is 12.6 Å². The van der Waals surface area contributed by atoms with E-state index >= 15 is 0 Å². The predicted octanol–water partition coefficient (Wildman–Crippen LogP) is 6.00. The molecule has 5 nitrogen and oxygen atoms in total. The number of hydrogen-bond donors (Lipinski definition) is 0. The molecule has 160 valence electrons. The Morgan fingerprint density at radius 1 is 0.778 bits per heavy atom. The summed E-state index contributed by atoms with van der Waals surface area (Å²) in [6, 6.07) is 0. The van der Waals surface area contributed by atoms with Gasteiger partial charge in [-0.1, -0.05) is 68.5 Å². The minimum absolute atomic E-state index is 0.211. The summed E-state index contributed by atoms with van der Waals surface area (Å²) in [6.07, 6.45) is 7.11. The molecule has 0 radical (unpaired) electrons. The number of alkyl halides is 2. The molecule has 0 rings (SSSR count). The van der Waals surface area contributed by atoms with Gasteiger partial charge in [0.1, 0.15) is 13.6 Å². The molecular weight excluding hydrogens is 574 g/mol. The molecule has 7 heteroatoms. The van der Waals surface area contributed by atoms with Gasteiger partial charge in [-0.3, -0.25) is 0 Å². The third-order valence-corrected chi connectivity index (χ3v) is 4.81. The number of halogens is 2. The molecule has 0 aromatic rings. The van der Waals surface area contributed by atoms with Crippen LogP contribution >= 0.6 is 45.2 Å². The maximum atomic E-state index is 6.16. The first-order valence-electron chi connectivity index (χ1n) is 9.54. The van der Waals surface area contributed by atoms with Crippen LogP contribution in [0.1, 0.15) is 53.4 Å². The summed E-state index contributed by atoms with van der Waals surface area (Å²) in [5.41, 5.74) is 2.49. The van der Waals surface area contributed by atoms with E-state index < -0.39 is 12.6 Å². The summed E-state index contributed by atoms with van der Waals surface area (Å²) < 4.78 is 30.6. The Hall–Kier alpha value is 0.740. The minimum Gasteiger partial charge on any atom is -0.356 e. The van der Waals surface area contributed by atoms with Crippen LogP contribution in [-0.2, 0) is 23.7 Å². The van der Waals surface area contributed by atoms with Crippen LogP contribution in [0.2, 0.25) is 0 Å². The maximum Gasteiger partial charge on any atom is 0.167 e. The van der Waals surface area contributed by atoms with Crippen LogP contribution in [0.3, 0.4) is 0 Å².